The van der Waals surface area contributed by atoms with Gasteiger partial charge in [-0.3, -0.25) is 0 Å². The predicted molar refractivity (Wildman–Crippen MR) is 98.4 cm³/mol. The van der Waals surface area contributed by atoms with Gasteiger partial charge in [-0.05, 0) is 57.5 Å². The summed E-state index contributed by atoms with van der Waals surface area (Å²) in [6, 6.07) is 12.0. The smallest absolute Gasteiger partial charge is 0.338 e. The van der Waals surface area contributed by atoms with Crippen LogP contribution in [0.1, 0.15) is 56.5 Å². The Hall–Kier alpha value is -1.87. The highest BCUT2D eigenvalue weighted by atomic mass is 16.5. The van der Waals surface area contributed by atoms with E-state index in [1.807, 2.05) is 18.2 Å². The summed E-state index contributed by atoms with van der Waals surface area (Å²) < 4.78 is 5.84. The van der Waals surface area contributed by atoms with Crippen LogP contribution in [-0.2, 0) is 4.74 Å². The zero-order chi connectivity index (χ0) is 17.5. The van der Waals surface area contributed by atoms with E-state index in [1.54, 1.807) is 0 Å². The van der Waals surface area contributed by atoms with Crippen LogP contribution < -0.4 is 5.32 Å². The molecular formula is C21H27NO2. The molecule has 1 saturated heterocycles. The van der Waals surface area contributed by atoms with Gasteiger partial charge < -0.3 is 10.1 Å². The van der Waals surface area contributed by atoms with Crippen LogP contribution >= 0.6 is 0 Å². The molecule has 1 heterocycles. The van der Waals surface area contributed by atoms with E-state index in [1.165, 1.54) is 5.56 Å². The minimum Gasteiger partial charge on any atom is -0.459 e. The van der Waals surface area contributed by atoms with Crippen molar-refractivity contribution >= 4 is 16.7 Å². The molecule has 1 aliphatic heterocycles. The molecule has 0 spiro atoms. The second-order valence-electron chi connectivity index (χ2n) is 8.39. The van der Waals surface area contributed by atoms with Crippen LogP contribution in [0, 0.1) is 6.92 Å². The van der Waals surface area contributed by atoms with Crippen LogP contribution in [0.3, 0.4) is 0 Å². The van der Waals surface area contributed by atoms with Gasteiger partial charge in [-0.1, -0.05) is 29.8 Å². The largest absolute Gasteiger partial charge is 0.459 e. The molecule has 0 bridgehead atoms. The molecule has 1 fully saturated rings. The van der Waals surface area contributed by atoms with Crippen molar-refractivity contribution in [3.05, 3.63) is 47.5 Å². The summed E-state index contributed by atoms with van der Waals surface area (Å²) in [6.07, 6.45) is 1.60. The lowest BCUT2D eigenvalue weighted by atomic mass is 9.81. The summed E-state index contributed by atoms with van der Waals surface area (Å²) >= 11 is 0. The molecule has 0 amide bonds. The van der Waals surface area contributed by atoms with E-state index in [-0.39, 0.29) is 23.2 Å². The van der Waals surface area contributed by atoms with Crippen molar-refractivity contribution in [2.24, 2.45) is 0 Å². The molecule has 0 aromatic heterocycles. The fourth-order valence-corrected chi connectivity index (χ4v) is 4.02. The first-order chi connectivity index (χ1) is 11.1. The van der Waals surface area contributed by atoms with Gasteiger partial charge in [-0.2, -0.15) is 0 Å². The fraction of sp³-hybridized carbons (Fsp3) is 0.476. The van der Waals surface area contributed by atoms with E-state index in [4.69, 9.17) is 4.74 Å². The summed E-state index contributed by atoms with van der Waals surface area (Å²) in [5, 5.41) is 5.83. The lowest BCUT2D eigenvalue weighted by Gasteiger charge is -2.45. The molecule has 3 rings (SSSR count). The molecule has 1 N–H and O–H groups in total. The van der Waals surface area contributed by atoms with Crippen molar-refractivity contribution in [3.63, 3.8) is 0 Å². The van der Waals surface area contributed by atoms with Crippen molar-refractivity contribution in [1.82, 2.24) is 5.32 Å². The van der Waals surface area contributed by atoms with E-state index in [9.17, 15) is 4.79 Å². The van der Waals surface area contributed by atoms with Crippen LogP contribution in [0.15, 0.2) is 36.4 Å². The maximum atomic E-state index is 12.6. The van der Waals surface area contributed by atoms with Crippen molar-refractivity contribution in [3.8, 4) is 0 Å². The maximum Gasteiger partial charge on any atom is 0.338 e. The Labute approximate surface area is 144 Å². The minimum absolute atomic E-state index is 0.0341. The van der Waals surface area contributed by atoms with Gasteiger partial charge in [0.1, 0.15) is 6.10 Å². The number of piperidine rings is 1. The second-order valence-corrected chi connectivity index (χ2v) is 8.39. The van der Waals surface area contributed by atoms with Gasteiger partial charge >= 0.3 is 5.97 Å². The maximum absolute atomic E-state index is 12.6. The third kappa shape index (κ3) is 3.78. The number of hydrogen-bond donors (Lipinski definition) is 1. The molecular weight excluding hydrogens is 298 g/mol. The number of ether oxygens (including phenoxy) is 1. The first-order valence-electron chi connectivity index (χ1n) is 8.64. The van der Waals surface area contributed by atoms with Gasteiger partial charge in [0, 0.05) is 23.9 Å². The molecule has 0 atom stereocenters. The summed E-state index contributed by atoms with van der Waals surface area (Å²) in [5.74, 6) is -0.226. The van der Waals surface area contributed by atoms with Crippen LogP contribution in [0.4, 0.5) is 0 Å². The van der Waals surface area contributed by atoms with Gasteiger partial charge in [0.2, 0.25) is 0 Å². The lowest BCUT2D eigenvalue weighted by molar-refractivity contribution is -0.00636. The lowest BCUT2D eigenvalue weighted by Crippen LogP contribution is -2.59. The van der Waals surface area contributed by atoms with Crippen molar-refractivity contribution in [2.45, 2.75) is 64.6 Å². The van der Waals surface area contributed by atoms with E-state index >= 15 is 0 Å². The number of rotatable bonds is 2. The number of esters is 1. The van der Waals surface area contributed by atoms with Crippen molar-refractivity contribution < 1.29 is 9.53 Å². The number of carbonyl (C=O) groups excluding carboxylic acids is 1. The van der Waals surface area contributed by atoms with Gasteiger partial charge in [-0.15, -0.1) is 0 Å². The van der Waals surface area contributed by atoms with Crippen LogP contribution in [0.25, 0.3) is 10.8 Å². The minimum atomic E-state index is -0.226. The molecule has 128 valence electrons. The molecule has 24 heavy (non-hydrogen) atoms. The van der Waals surface area contributed by atoms with E-state index in [2.05, 4.69) is 58.1 Å². The second kappa shape index (κ2) is 5.89. The van der Waals surface area contributed by atoms with E-state index < -0.39 is 0 Å². The Morgan fingerprint density at radius 1 is 1.00 bits per heavy atom. The Morgan fingerprint density at radius 3 is 2.25 bits per heavy atom. The Balaban J connectivity index is 1.78. The van der Waals surface area contributed by atoms with E-state index in [0.717, 1.165) is 23.6 Å². The summed E-state index contributed by atoms with van der Waals surface area (Å²) in [6.45, 7) is 10.7. The Morgan fingerprint density at radius 2 is 1.58 bits per heavy atom. The van der Waals surface area contributed by atoms with Crippen LogP contribution in [-0.4, -0.2) is 23.2 Å². The average molecular weight is 325 g/mol. The molecule has 0 radical (unpaired) electrons. The molecule has 0 aliphatic carbocycles. The molecule has 0 saturated carbocycles. The third-order valence-electron chi connectivity index (χ3n) is 4.66. The third-order valence-corrected chi connectivity index (χ3v) is 4.66. The number of hydrogen-bond acceptors (Lipinski definition) is 3. The highest BCUT2D eigenvalue weighted by Crippen LogP contribution is 2.31. The first kappa shape index (κ1) is 17.0. The quantitative estimate of drug-likeness (QED) is 0.819. The number of aryl methyl sites for hydroxylation is 1. The molecule has 1 aliphatic rings. The fourth-order valence-electron chi connectivity index (χ4n) is 4.02. The molecule has 2 aromatic carbocycles. The topological polar surface area (TPSA) is 38.3 Å². The SMILES string of the molecule is Cc1ccc2cc(C(=O)OC3CC(C)(C)NC(C)(C)C3)ccc2c1. The zero-order valence-electron chi connectivity index (χ0n) is 15.3. The zero-order valence-corrected chi connectivity index (χ0v) is 15.3. The van der Waals surface area contributed by atoms with Crippen molar-refractivity contribution in [1.29, 1.82) is 0 Å². The normalized spacial score (nSPS) is 20.0. The van der Waals surface area contributed by atoms with Crippen molar-refractivity contribution in [2.75, 3.05) is 0 Å². The summed E-state index contributed by atoms with van der Waals surface area (Å²) in [4.78, 5) is 12.6. The Bertz CT molecular complexity index is 761. The van der Waals surface area contributed by atoms with Gasteiger partial charge in [0.05, 0.1) is 5.56 Å². The molecule has 3 nitrogen and oxygen atoms in total. The predicted octanol–water partition coefficient (Wildman–Crippen LogP) is 4.61. The molecule has 3 heteroatoms. The highest BCUT2D eigenvalue weighted by molar-refractivity contribution is 5.95. The monoisotopic (exact) mass is 325 g/mol. The van der Waals surface area contributed by atoms with Gasteiger partial charge in [0.15, 0.2) is 0 Å². The number of benzene rings is 2. The van der Waals surface area contributed by atoms with E-state index in [0.29, 0.717) is 5.56 Å². The highest BCUT2D eigenvalue weighted by Gasteiger charge is 2.39. The summed E-state index contributed by atoms with van der Waals surface area (Å²) in [5.41, 5.74) is 1.78. The van der Waals surface area contributed by atoms with Gasteiger partial charge in [0.25, 0.3) is 0 Å². The number of carbonyl (C=O) groups is 1. The Kier molecular flexibility index (Phi) is 4.16. The number of fused-ring (bicyclic) bond motifs is 1. The van der Waals surface area contributed by atoms with Crippen LogP contribution in [0.2, 0.25) is 0 Å². The van der Waals surface area contributed by atoms with Gasteiger partial charge in [-0.25, -0.2) is 4.79 Å². The first-order valence-corrected chi connectivity index (χ1v) is 8.64. The molecule has 0 unspecified atom stereocenters. The standard InChI is InChI=1S/C21H27NO2/c1-14-6-7-16-11-17(9-8-15(16)10-14)19(23)24-18-12-20(2,3)22-21(4,5)13-18/h6-11,18,22H,12-13H2,1-5H3. The average Bonchev–Trinajstić information content (AvgIpc) is 2.43. The summed E-state index contributed by atoms with van der Waals surface area (Å²) in [7, 11) is 0. The van der Waals surface area contributed by atoms with Crippen LogP contribution in [0.5, 0.6) is 0 Å². The molecule has 2 aromatic rings. The number of nitrogens with one attached hydrogen (secondary N) is 1.